The van der Waals surface area contributed by atoms with E-state index in [1.54, 1.807) is 18.3 Å². The number of nitrogens with one attached hydrogen (secondary N) is 1. The molecule has 0 radical (unpaired) electrons. The summed E-state index contributed by atoms with van der Waals surface area (Å²) in [6.45, 7) is 1.10. The Hall–Kier alpha value is -2.68. The molecule has 2 heterocycles. The SMILES string of the molecule is N#Cc1ccc(NCCCN2C(=O)C3C4C=CC(C4)C3C2=O)cn1. The minimum atomic E-state index is -0.108. The topological polar surface area (TPSA) is 86.1 Å². The summed E-state index contributed by atoms with van der Waals surface area (Å²) < 4.78 is 0. The smallest absolute Gasteiger partial charge is 0.233 e. The predicted octanol–water partition coefficient (Wildman–Crippen LogP) is 1.56. The number of carbonyl (C=O) groups is 2. The van der Waals surface area contributed by atoms with Crippen molar-refractivity contribution in [2.75, 3.05) is 18.4 Å². The van der Waals surface area contributed by atoms with E-state index in [4.69, 9.17) is 5.26 Å². The standard InChI is InChI=1S/C18H18N4O2/c19-9-13-4-5-14(10-21-13)20-6-1-7-22-17(23)15-11-2-3-12(8-11)16(15)18(22)24/h2-5,10-12,15-16,20H,1,6-8H2. The molecular weight excluding hydrogens is 304 g/mol. The van der Waals surface area contributed by atoms with Crippen LogP contribution in [0.4, 0.5) is 5.69 Å². The molecule has 2 bridgehead atoms. The van der Waals surface area contributed by atoms with Crippen molar-refractivity contribution >= 4 is 17.5 Å². The van der Waals surface area contributed by atoms with Gasteiger partial charge in [-0.2, -0.15) is 5.26 Å². The Kier molecular flexibility index (Phi) is 3.57. The second kappa shape index (κ2) is 5.75. The van der Waals surface area contributed by atoms with E-state index in [0.717, 1.165) is 12.1 Å². The van der Waals surface area contributed by atoms with Gasteiger partial charge < -0.3 is 5.32 Å². The summed E-state index contributed by atoms with van der Waals surface area (Å²) in [6, 6.07) is 5.42. The number of nitriles is 1. The number of allylic oxidation sites excluding steroid dienone is 2. The predicted molar refractivity (Wildman–Crippen MR) is 86.5 cm³/mol. The van der Waals surface area contributed by atoms with Gasteiger partial charge in [0, 0.05) is 13.1 Å². The van der Waals surface area contributed by atoms with Crippen LogP contribution in [0, 0.1) is 35.0 Å². The van der Waals surface area contributed by atoms with E-state index in [0.29, 0.717) is 25.2 Å². The summed E-state index contributed by atoms with van der Waals surface area (Å²) in [4.78, 5) is 30.5. The third kappa shape index (κ3) is 2.28. The second-order valence-corrected chi connectivity index (χ2v) is 6.65. The summed E-state index contributed by atoms with van der Waals surface area (Å²) in [6.07, 6.45) is 7.49. The van der Waals surface area contributed by atoms with Crippen LogP contribution < -0.4 is 5.32 Å². The van der Waals surface area contributed by atoms with Crippen LogP contribution in [0.3, 0.4) is 0 Å². The number of likely N-dealkylation sites (tertiary alicyclic amines) is 1. The molecule has 1 aliphatic heterocycles. The fraction of sp³-hybridized carbons (Fsp3) is 0.444. The largest absolute Gasteiger partial charge is 0.384 e. The van der Waals surface area contributed by atoms with Gasteiger partial charge in [0.25, 0.3) is 0 Å². The molecule has 1 saturated heterocycles. The Morgan fingerprint density at radius 1 is 1.21 bits per heavy atom. The Balaban J connectivity index is 1.30. The molecule has 0 spiro atoms. The Bertz CT molecular complexity index is 719. The molecule has 1 N–H and O–H groups in total. The first-order valence-electron chi connectivity index (χ1n) is 8.32. The zero-order chi connectivity index (χ0) is 16.7. The number of hydrogen-bond donors (Lipinski definition) is 1. The number of aromatic nitrogens is 1. The van der Waals surface area contributed by atoms with Crippen LogP contribution in [-0.2, 0) is 9.59 Å². The number of fused-ring (bicyclic) bond motifs is 5. The van der Waals surface area contributed by atoms with Gasteiger partial charge >= 0.3 is 0 Å². The van der Waals surface area contributed by atoms with E-state index in [-0.39, 0.29) is 35.5 Å². The van der Waals surface area contributed by atoms with Gasteiger partial charge in [-0.15, -0.1) is 0 Å². The van der Waals surface area contributed by atoms with Gasteiger partial charge in [-0.05, 0) is 36.8 Å². The lowest BCUT2D eigenvalue weighted by atomic mass is 9.85. The maximum Gasteiger partial charge on any atom is 0.233 e. The highest BCUT2D eigenvalue weighted by Crippen LogP contribution is 2.52. The maximum atomic E-state index is 12.5. The summed E-state index contributed by atoms with van der Waals surface area (Å²) in [5, 5.41) is 11.9. The first-order valence-corrected chi connectivity index (χ1v) is 8.32. The van der Waals surface area contributed by atoms with Crippen LogP contribution in [0.1, 0.15) is 18.5 Å². The van der Waals surface area contributed by atoms with Gasteiger partial charge in [-0.25, -0.2) is 4.98 Å². The normalized spacial score (nSPS) is 29.9. The summed E-state index contributed by atoms with van der Waals surface area (Å²) >= 11 is 0. The van der Waals surface area contributed by atoms with Gasteiger partial charge in [0.1, 0.15) is 11.8 Å². The number of hydrogen-bond acceptors (Lipinski definition) is 5. The van der Waals surface area contributed by atoms with E-state index in [1.807, 2.05) is 6.07 Å². The number of rotatable bonds is 5. The van der Waals surface area contributed by atoms with E-state index in [1.165, 1.54) is 4.90 Å². The van der Waals surface area contributed by atoms with Crippen molar-refractivity contribution in [1.29, 1.82) is 5.26 Å². The van der Waals surface area contributed by atoms with Crippen LogP contribution in [0.15, 0.2) is 30.5 Å². The van der Waals surface area contributed by atoms with Crippen molar-refractivity contribution < 1.29 is 9.59 Å². The molecule has 1 aromatic heterocycles. The lowest BCUT2D eigenvalue weighted by Crippen LogP contribution is -2.34. The van der Waals surface area contributed by atoms with Crippen LogP contribution in [-0.4, -0.2) is 34.8 Å². The molecule has 4 rings (SSSR count). The van der Waals surface area contributed by atoms with Gasteiger partial charge in [0.15, 0.2) is 0 Å². The van der Waals surface area contributed by atoms with Crippen molar-refractivity contribution in [2.24, 2.45) is 23.7 Å². The second-order valence-electron chi connectivity index (χ2n) is 6.65. The van der Waals surface area contributed by atoms with Gasteiger partial charge in [-0.3, -0.25) is 14.5 Å². The zero-order valence-electron chi connectivity index (χ0n) is 13.2. The zero-order valence-corrected chi connectivity index (χ0v) is 13.2. The highest BCUT2D eigenvalue weighted by atomic mass is 16.2. The highest BCUT2D eigenvalue weighted by Gasteiger charge is 2.58. The molecule has 2 amide bonds. The van der Waals surface area contributed by atoms with Crippen LogP contribution in [0.2, 0.25) is 0 Å². The minimum Gasteiger partial charge on any atom is -0.384 e. The van der Waals surface area contributed by atoms with Crippen molar-refractivity contribution in [3.63, 3.8) is 0 Å². The Labute approximate surface area is 140 Å². The number of anilines is 1. The van der Waals surface area contributed by atoms with Gasteiger partial charge in [0.05, 0.1) is 23.7 Å². The molecule has 3 aliphatic rings. The van der Waals surface area contributed by atoms with Crippen molar-refractivity contribution in [1.82, 2.24) is 9.88 Å². The molecule has 6 heteroatoms. The van der Waals surface area contributed by atoms with Gasteiger partial charge in [-0.1, -0.05) is 12.2 Å². The summed E-state index contributed by atoms with van der Waals surface area (Å²) in [5.41, 5.74) is 1.20. The first kappa shape index (κ1) is 14.9. The highest BCUT2D eigenvalue weighted by molar-refractivity contribution is 6.06. The van der Waals surface area contributed by atoms with Gasteiger partial charge in [0.2, 0.25) is 11.8 Å². The Morgan fingerprint density at radius 2 is 1.92 bits per heavy atom. The lowest BCUT2D eigenvalue weighted by Gasteiger charge is -2.17. The summed E-state index contributed by atoms with van der Waals surface area (Å²) in [7, 11) is 0. The molecule has 1 saturated carbocycles. The average molecular weight is 322 g/mol. The quantitative estimate of drug-likeness (QED) is 0.505. The molecule has 0 aromatic carbocycles. The van der Waals surface area contributed by atoms with E-state index in [9.17, 15) is 9.59 Å². The third-order valence-electron chi connectivity index (χ3n) is 5.33. The minimum absolute atomic E-state index is 0.0156. The number of carbonyl (C=O) groups excluding carboxylic acids is 2. The maximum absolute atomic E-state index is 12.5. The molecule has 4 atom stereocenters. The molecule has 2 fully saturated rings. The van der Waals surface area contributed by atoms with Crippen LogP contribution in [0.5, 0.6) is 0 Å². The molecule has 2 aliphatic carbocycles. The van der Waals surface area contributed by atoms with Crippen molar-refractivity contribution in [3.05, 3.63) is 36.2 Å². The lowest BCUT2D eigenvalue weighted by molar-refractivity contribution is -0.140. The molecule has 24 heavy (non-hydrogen) atoms. The summed E-state index contributed by atoms with van der Waals surface area (Å²) in [5.74, 6) is 0.351. The molecular formula is C18H18N4O2. The molecule has 6 nitrogen and oxygen atoms in total. The van der Waals surface area contributed by atoms with E-state index >= 15 is 0 Å². The number of pyridine rings is 1. The number of amides is 2. The van der Waals surface area contributed by atoms with Crippen molar-refractivity contribution in [2.45, 2.75) is 12.8 Å². The van der Waals surface area contributed by atoms with Crippen LogP contribution in [0.25, 0.3) is 0 Å². The molecule has 1 aromatic rings. The van der Waals surface area contributed by atoms with Crippen molar-refractivity contribution in [3.8, 4) is 6.07 Å². The third-order valence-corrected chi connectivity index (χ3v) is 5.33. The first-order chi connectivity index (χ1) is 11.7. The average Bonchev–Trinajstić information content (AvgIpc) is 3.28. The fourth-order valence-corrected chi connectivity index (χ4v) is 4.22. The van der Waals surface area contributed by atoms with E-state index < -0.39 is 0 Å². The van der Waals surface area contributed by atoms with E-state index in [2.05, 4.69) is 22.5 Å². The monoisotopic (exact) mass is 322 g/mol. The molecule has 122 valence electrons. The molecule has 4 unspecified atom stereocenters. The Morgan fingerprint density at radius 3 is 2.50 bits per heavy atom. The number of nitrogens with zero attached hydrogens (tertiary/aromatic N) is 3. The number of imide groups is 1. The van der Waals surface area contributed by atoms with Crippen LogP contribution >= 0.6 is 0 Å². The fourth-order valence-electron chi connectivity index (χ4n) is 4.22.